The molecular formula is C24H26N4O5. The molecule has 0 unspecified atom stereocenters. The Morgan fingerprint density at radius 3 is 2.52 bits per heavy atom. The zero-order valence-corrected chi connectivity index (χ0v) is 18.7. The molecule has 3 aromatic rings. The highest BCUT2D eigenvalue weighted by atomic mass is 16.5. The summed E-state index contributed by atoms with van der Waals surface area (Å²) in [4.78, 5) is 36.5. The highest BCUT2D eigenvalue weighted by molar-refractivity contribution is 5.99. The molecule has 0 radical (unpaired) electrons. The Hall–Kier alpha value is -4.14. The first kappa shape index (κ1) is 23.5. The first-order valence-corrected chi connectivity index (χ1v) is 10.4. The van der Waals surface area contributed by atoms with E-state index in [9.17, 15) is 14.4 Å². The van der Waals surface area contributed by atoms with E-state index in [1.165, 1.54) is 0 Å². The first-order valence-electron chi connectivity index (χ1n) is 10.4. The van der Waals surface area contributed by atoms with Crippen LogP contribution in [-0.4, -0.2) is 47.4 Å². The molecule has 0 aliphatic heterocycles. The summed E-state index contributed by atoms with van der Waals surface area (Å²) in [6.45, 7) is 3.36. The molecule has 0 spiro atoms. The van der Waals surface area contributed by atoms with Gasteiger partial charge in [0.2, 0.25) is 0 Å². The van der Waals surface area contributed by atoms with Crippen molar-refractivity contribution in [3.8, 4) is 17.0 Å². The number of benzene rings is 2. The lowest BCUT2D eigenvalue weighted by Crippen LogP contribution is -2.44. The second-order valence-electron chi connectivity index (χ2n) is 7.56. The molecule has 3 amide bonds. The van der Waals surface area contributed by atoms with E-state index < -0.39 is 24.5 Å². The molecule has 1 aromatic heterocycles. The van der Waals surface area contributed by atoms with Crippen molar-refractivity contribution < 1.29 is 23.9 Å². The number of urea groups is 1. The monoisotopic (exact) mass is 450 g/mol. The number of hydrogen-bond acceptors (Lipinski definition) is 6. The molecule has 0 saturated carbocycles. The second kappa shape index (κ2) is 10.9. The fourth-order valence-electron chi connectivity index (χ4n) is 3.08. The maximum atomic E-state index is 12.8. The minimum absolute atomic E-state index is 0.138. The van der Waals surface area contributed by atoms with Crippen molar-refractivity contribution in [2.45, 2.75) is 26.4 Å². The minimum Gasteiger partial charge on any atom is -0.497 e. The fraction of sp³-hybridized carbons (Fsp3) is 0.250. The third-order valence-electron chi connectivity index (χ3n) is 4.52. The van der Waals surface area contributed by atoms with Crippen LogP contribution >= 0.6 is 0 Å². The zero-order chi connectivity index (χ0) is 23.8. The quantitative estimate of drug-likeness (QED) is 0.511. The van der Waals surface area contributed by atoms with Crippen molar-refractivity contribution in [2.75, 3.05) is 13.7 Å². The molecule has 0 aliphatic rings. The summed E-state index contributed by atoms with van der Waals surface area (Å²) in [6.07, 6.45) is 1.58. The highest BCUT2D eigenvalue weighted by Gasteiger charge is 2.21. The van der Waals surface area contributed by atoms with E-state index in [-0.39, 0.29) is 11.6 Å². The summed E-state index contributed by atoms with van der Waals surface area (Å²) in [5, 5.41) is 9.21. The molecule has 0 fully saturated rings. The molecule has 0 aliphatic carbocycles. The molecule has 2 aromatic carbocycles. The van der Waals surface area contributed by atoms with Gasteiger partial charge >= 0.3 is 12.0 Å². The number of hydrogen-bond donors (Lipinski definition) is 2. The van der Waals surface area contributed by atoms with Gasteiger partial charge in [-0.3, -0.25) is 14.8 Å². The number of methoxy groups -OCH3 is 1. The van der Waals surface area contributed by atoms with Gasteiger partial charge in [0, 0.05) is 17.8 Å². The number of rotatable bonds is 8. The van der Waals surface area contributed by atoms with Crippen LogP contribution in [0.2, 0.25) is 0 Å². The average Bonchev–Trinajstić information content (AvgIpc) is 3.21. The number of imide groups is 1. The van der Waals surface area contributed by atoms with Gasteiger partial charge in [-0.05, 0) is 31.5 Å². The fourth-order valence-corrected chi connectivity index (χ4v) is 3.08. The summed E-state index contributed by atoms with van der Waals surface area (Å²) >= 11 is 0. The van der Waals surface area contributed by atoms with Gasteiger partial charge < -0.3 is 14.8 Å². The van der Waals surface area contributed by atoms with Crippen LogP contribution < -0.4 is 15.4 Å². The number of ether oxygens (including phenoxy) is 2. The van der Waals surface area contributed by atoms with Gasteiger partial charge in [0.1, 0.15) is 17.0 Å². The molecule has 33 heavy (non-hydrogen) atoms. The Morgan fingerprint density at radius 1 is 1.06 bits per heavy atom. The lowest BCUT2D eigenvalue weighted by Gasteiger charge is -2.09. The minimum atomic E-state index is -0.735. The lowest BCUT2D eigenvalue weighted by molar-refractivity contribution is -0.123. The van der Waals surface area contributed by atoms with E-state index in [4.69, 9.17) is 9.47 Å². The summed E-state index contributed by atoms with van der Waals surface area (Å²) < 4.78 is 12.1. The number of nitrogens with one attached hydrogen (secondary N) is 2. The number of nitrogens with zero attached hydrogens (tertiary/aromatic N) is 2. The smallest absolute Gasteiger partial charge is 0.342 e. The van der Waals surface area contributed by atoms with Crippen LogP contribution in [0, 0.1) is 0 Å². The first-order chi connectivity index (χ1) is 15.9. The van der Waals surface area contributed by atoms with Crippen LogP contribution in [0.4, 0.5) is 4.79 Å². The van der Waals surface area contributed by atoms with E-state index >= 15 is 0 Å². The summed E-state index contributed by atoms with van der Waals surface area (Å²) in [5.74, 6) is -0.854. The molecule has 172 valence electrons. The maximum Gasteiger partial charge on any atom is 0.342 e. The Bertz CT molecular complexity index is 1120. The predicted octanol–water partition coefficient (Wildman–Crippen LogP) is 3.00. The van der Waals surface area contributed by atoms with Crippen LogP contribution in [0.5, 0.6) is 5.75 Å². The van der Waals surface area contributed by atoms with E-state index in [0.29, 0.717) is 23.6 Å². The van der Waals surface area contributed by atoms with Crippen molar-refractivity contribution in [1.82, 2.24) is 20.4 Å². The molecule has 0 atom stereocenters. The average molecular weight is 450 g/mol. The Labute approximate surface area is 191 Å². The largest absolute Gasteiger partial charge is 0.497 e. The standard InChI is InChI=1S/C24H26N4O5/c1-16(2)25-24(31)26-21(29)15-33-23(30)20-14-28(13-17-8-5-4-6-9-17)27-22(20)18-10-7-11-19(12-18)32-3/h4-12,14,16H,13,15H2,1-3H3,(H2,25,26,29,31). The van der Waals surface area contributed by atoms with Gasteiger partial charge in [-0.1, -0.05) is 42.5 Å². The molecule has 1 heterocycles. The van der Waals surface area contributed by atoms with Gasteiger partial charge in [0.05, 0.1) is 13.7 Å². The number of amides is 3. The molecule has 9 nitrogen and oxygen atoms in total. The summed E-state index contributed by atoms with van der Waals surface area (Å²) in [7, 11) is 1.55. The highest BCUT2D eigenvalue weighted by Crippen LogP contribution is 2.26. The van der Waals surface area contributed by atoms with Crippen LogP contribution in [0.1, 0.15) is 29.8 Å². The van der Waals surface area contributed by atoms with Crippen molar-refractivity contribution in [3.05, 3.63) is 71.9 Å². The third-order valence-corrected chi connectivity index (χ3v) is 4.52. The molecule has 0 saturated heterocycles. The lowest BCUT2D eigenvalue weighted by atomic mass is 10.1. The number of carbonyl (C=O) groups excluding carboxylic acids is 3. The summed E-state index contributed by atoms with van der Waals surface area (Å²) in [5.41, 5.74) is 2.26. The number of esters is 1. The normalized spacial score (nSPS) is 10.5. The number of aromatic nitrogens is 2. The van der Waals surface area contributed by atoms with E-state index in [0.717, 1.165) is 5.56 Å². The molecular weight excluding hydrogens is 424 g/mol. The van der Waals surface area contributed by atoms with Crippen LogP contribution in [0.3, 0.4) is 0 Å². The van der Waals surface area contributed by atoms with E-state index in [1.807, 2.05) is 30.3 Å². The third kappa shape index (κ3) is 6.67. The van der Waals surface area contributed by atoms with Gasteiger partial charge in [0.15, 0.2) is 6.61 Å². The Morgan fingerprint density at radius 2 is 1.82 bits per heavy atom. The van der Waals surface area contributed by atoms with E-state index in [1.54, 1.807) is 56.1 Å². The zero-order valence-electron chi connectivity index (χ0n) is 18.7. The summed E-state index contributed by atoms with van der Waals surface area (Å²) in [6, 6.07) is 16.0. The van der Waals surface area contributed by atoms with Gasteiger partial charge in [-0.2, -0.15) is 5.10 Å². The second-order valence-corrected chi connectivity index (χ2v) is 7.56. The van der Waals surface area contributed by atoms with Gasteiger partial charge in [-0.25, -0.2) is 9.59 Å². The predicted molar refractivity (Wildman–Crippen MR) is 122 cm³/mol. The molecule has 3 rings (SSSR count). The molecule has 0 bridgehead atoms. The Balaban J connectivity index is 1.80. The SMILES string of the molecule is COc1cccc(-c2nn(Cc3ccccc3)cc2C(=O)OCC(=O)NC(=O)NC(C)C)c1. The molecule has 9 heteroatoms. The van der Waals surface area contributed by atoms with E-state index in [2.05, 4.69) is 15.7 Å². The maximum absolute atomic E-state index is 12.8. The topological polar surface area (TPSA) is 112 Å². The van der Waals surface area contributed by atoms with Crippen molar-refractivity contribution in [2.24, 2.45) is 0 Å². The Kier molecular flexibility index (Phi) is 7.80. The van der Waals surface area contributed by atoms with Gasteiger partial charge in [0.25, 0.3) is 5.91 Å². The van der Waals surface area contributed by atoms with Crippen molar-refractivity contribution >= 4 is 17.9 Å². The van der Waals surface area contributed by atoms with Crippen LogP contribution in [0.15, 0.2) is 60.8 Å². The van der Waals surface area contributed by atoms with Crippen LogP contribution in [-0.2, 0) is 16.1 Å². The van der Waals surface area contributed by atoms with Crippen molar-refractivity contribution in [3.63, 3.8) is 0 Å². The van der Waals surface area contributed by atoms with Crippen LogP contribution in [0.25, 0.3) is 11.3 Å². The van der Waals surface area contributed by atoms with Crippen molar-refractivity contribution in [1.29, 1.82) is 0 Å². The number of carbonyl (C=O) groups is 3. The molecule has 2 N–H and O–H groups in total. The van der Waals surface area contributed by atoms with Gasteiger partial charge in [-0.15, -0.1) is 0 Å².